The Morgan fingerprint density at radius 3 is 2.68 bits per heavy atom. The summed E-state index contributed by atoms with van der Waals surface area (Å²) in [5.74, 6) is -0.362. The van der Waals surface area contributed by atoms with Gasteiger partial charge < -0.3 is 15.5 Å². The molecule has 3 N–H and O–H groups in total. The van der Waals surface area contributed by atoms with Gasteiger partial charge in [-0.1, -0.05) is 30.7 Å². The topological polar surface area (TPSA) is 94.8 Å². The quantitative estimate of drug-likeness (QED) is 0.340. The molecule has 0 fully saturated rings. The number of aryl methyl sites for hydroxylation is 1. The number of aromatic nitrogens is 1. The van der Waals surface area contributed by atoms with Gasteiger partial charge in [0.1, 0.15) is 15.5 Å². The van der Waals surface area contributed by atoms with Crippen molar-refractivity contribution in [3.05, 3.63) is 45.4 Å². The van der Waals surface area contributed by atoms with Crippen LogP contribution in [-0.2, 0) is 12.8 Å². The number of aliphatic hydroxyl groups is 1. The van der Waals surface area contributed by atoms with Crippen LogP contribution in [-0.4, -0.2) is 40.2 Å². The third-order valence-corrected chi connectivity index (χ3v) is 6.77. The first-order valence-electron chi connectivity index (χ1n) is 10.4. The lowest BCUT2D eigenvalue weighted by Gasteiger charge is -2.21. The number of benzene rings is 1. The molecule has 0 saturated carbocycles. The number of nitrogens with one attached hydrogen (secondary N) is 1. The van der Waals surface area contributed by atoms with Gasteiger partial charge in [-0.05, 0) is 54.5 Å². The summed E-state index contributed by atoms with van der Waals surface area (Å²) in [7, 11) is 0. The van der Waals surface area contributed by atoms with Crippen LogP contribution in [0.2, 0.25) is 5.02 Å². The number of amidine groups is 1. The lowest BCUT2D eigenvalue weighted by atomic mass is 9.87. The fraction of sp³-hybridized carbons (Fsp3) is 0.348. The van der Waals surface area contributed by atoms with Crippen molar-refractivity contribution in [2.24, 2.45) is 4.99 Å². The average molecular weight is 458 g/mol. The third kappa shape index (κ3) is 4.31. The highest BCUT2D eigenvalue weighted by atomic mass is 35.5. The Balaban J connectivity index is 2.02. The van der Waals surface area contributed by atoms with Gasteiger partial charge in [0.25, 0.3) is 0 Å². The molecule has 1 aliphatic rings. The van der Waals surface area contributed by atoms with E-state index in [9.17, 15) is 9.90 Å². The second-order valence-corrected chi connectivity index (χ2v) is 8.88. The zero-order chi connectivity index (χ0) is 22.0. The van der Waals surface area contributed by atoms with E-state index in [1.807, 2.05) is 31.2 Å². The molecule has 0 amide bonds. The SMILES string of the molecule is CCC(=NCCO)Nc1c(C(=O)O)sc2nc3c(c(-c4ccc(Cl)cc4)c12)CCCC3. The number of carboxylic acid groups (broad SMARTS) is 1. The van der Waals surface area contributed by atoms with E-state index in [1.165, 1.54) is 16.9 Å². The molecule has 8 heteroatoms. The second-order valence-electron chi connectivity index (χ2n) is 7.45. The van der Waals surface area contributed by atoms with Crippen LogP contribution in [0.25, 0.3) is 21.3 Å². The van der Waals surface area contributed by atoms with Gasteiger partial charge in [0.05, 0.1) is 18.8 Å². The number of carboxylic acids is 1. The monoisotopic (exact) mass is 457 g/mol. The highest BCUT2D eigenvalue weighted by Crippen LogP contribution is 2.45. The molecule has 0 spiro atoms. The molecule has 0 saturated heterocycles. The smallest absolute Gasteiger partial charge is 0.348 e. The van der Waals surface area contributed by atoms with Crippen LogP contribution >= 0.6 is 22.9 Å². The highest BCUT2D eigenvalue weighted by Gasteiger charge is 2.27. The van der Waals surface area contributed by atoms with Crippen molar-refractivity contribution in [1.82, 2.24) is 4.98 Å². The standard InChI is InChI=1S/C23H24ClN3O3S/c1-2-17(25-11-12-28)27-20-19-18(13-7-9-14(24)10-8-13)15-5-3-4-6-16(15)26-22(19)31-21(20)23(29)30/h7-10,28H,2-6,11-12H2,1H3,(H,25,27)(H,29,30). The number of hydrogen-bond donors (Lipinski definition) is 3. The Morgan fingerprint density at radius 1 is 1.26 bits per heavy atom. The van der Waals surface area contributed by atoms with Crippen molar-refractivity contribution in [3.8, 4) is 11.1 Å². The summed E-state index contributed by atoms with van der Waals surface area (Å²) >= 11 is 7.33. The van der Waals surface area contributed by atoms with Crippen LogP contribution in [0.15, 0.2) is 29.3 Å². The van der Waals surface area contributed by atoms with Gasteiger partial charge in [0.15, 0.2) is 0 Å². The molecule has 0 radical (unpaired) electrons. The molecule has 31 heavy (non-hydrogen) atoms. The van der Waals surface area contributed by atoms with E-state index in [-0.39, 0.29) is 18.0 Å². The molecule has 2 heterocycles. The van der Waals surface area contributed by atoms with Crippen molar-refractivity contribution < 1.29 is 15.0 Å². The van der Waals surface area contributed by atoms with Crippen molar-refractivity contribution >= 4 is 50.6 Å². The Hall–Kier alpha value is -2.48. The van der Waals surface area contributed by atoms with Crippen LogP contribution in [0.1, 0.15) is 47.1 Å². The second kappa shape index (κ2) is 9.34. The molecule has 6 nitrogen and oxygen atoms in total. The first kappa shape index (κ1) is 21.7. The fourth-order valence-corrected chi connectivity index (χ4v) is 5.18. The number of fused-ring (bicyclic) bond motifs is 2. The minimum atomic E-state index is -0.997. The Kier molecular flexibility index (Phi) is 6.55. The molecule has 1 aliphatic carbocycles. The minimum absolute atomic E-state index is 0.0631. The molecule has 0 atom stereocenters. The van der Waals surface area contributed by atoms with Crippen molar-refractivity contribution in [1.29, 1.82) is 0 Å². The molecule has 0 bridgehead atoms. The summed E-state index contributed by atoms with van der Waals surface area (Å²) < 4.78 is 0. The molecule has 4 rings (SSSR count). The fourth-order valence-electron chi connectivity index (χ4n) is 4.06. The van der Waals surface area contributed by atoms with Crippen molar-refractivity contribution in [2.75, 3.05) is 18.5 Å². The number of aliphatic hydroxyl groups excluding tert-OH is 1. The largest absolute Gasteiger partial charge is 0.477 e. The number of carbonyl (C=O) groups is 1. The number of hydrogen-bond acceptors (Lipinski definition) is 5. The van der Waals surface area contributed by atoms with Gasteiger partial charge in [-0.25, -0.2) is 9.78 Å². The maximum atomic E-state index is 12.1. The number of aliphatic imine (C=N–C) groups is 1. The number of aromatic carboxylic acids is 1. The molecule has 162 valence electrons. The maximum Gasteiger partial charge on any atom is 0.348 e. The number of nitrogens with zero attached hydrogens (tertiary/aromatic N) is 2. The third-order valence-electron chi connectivity index (χ3n) is 5.45. The average Bonchev–Trinajstić information content (AvgIpc) is 3.13. The van der Waals surface area contributed by atoms with Gasteiger partial charge in [0, 0.05) is 22.5 Å². The van der Waals surface area contributed by atoms with E-state index in [1.54, 1.807) is 0 Å². The number of thiophene rings is 1. The molecular formula is C23H24ClN3O3S. The summed E-state index contributed by atoms with van der Waals surface area (Å²) in [4.78, 5) is 22.3. The summed E-state index contributed by atoms with van der Waals surface area (Å²) in [5, 5.41) is 23.8. The number of halogens is 1. The normalized spacial score (nSPS) is 14.0. The predicted molar refractivity (Wildman–Crippen MR) is 127 cm³/mol. The van der Waals surface area contributed by atoms with Crippen molar-refractivity contribution in [3.63, 3.8) is 0 Å². The zero-order valence-electron chi connectivity index (χ0n) is 17.2. The molecule has 1 aromatic carbocycles. The molecule has 0 aliphatic heterocycles. The first-order chi connectivity index (χ1) is 15.0. The first-order valence-corrected chi connectivity index (χ1v) is 11.6. The van der Waals surface area contributed by atoms with E-state index in [2.05, 4.69) is 10.3 Å². The lowest BCUT2D eigenvalue weighted by molar-refractivity contribution is 0.0703. The van der Waals surface area contributed by atoms with Crippen LogP contribution in [0, 0.1) is 0 Å². The van der Waals surface area contributed by atoms with Crippen LogP contribution in [0.3, 0.4) is 0 Å². The molecular weight excluding hydrogens is 434 g/mol. The Bertz CT molecular complexity index is 1160. The summed E-state index contributed by atoms with van der Waals surface area (Å²) in [6, 6.07) is 7.68. The molecule has 2 aromatic heterocycles. The molecule has 0 unspecified atom stereocenters. The number of pyridine rings is 1. The van der Waals surface area contributed by atoms with E-state index in [0.29, 0.717) is 27.8 Å². The van der Waals surface area contributed by atoms with Gasteiger partial charge in [-0.3, -0.25) is 4.99 Å². The number of anilines is 1. The summed E-state index contributed by atoms with van der Waals surface area (Å²) in [6.45, 7) is 2.14. The summed E-state index contributed by atoms with van der Waals surface area (Å²) in [6.07, 6.45) is 4.56. The Morgan fingerprint density at radius 2 is 2.00 bits per heavy atom. The minimum Gasteiger partial charge on any atom is -0.477 e. The maximum absolute atomic E-state index is 12.1. The number of rotatable bonds is 6. The summed E-state index contributed by atoms with van der Waals surface area (Å²) in [5.41, 5.74) is 4.79. The van der Waals surface area contributed by atoms with E-state index < -0.39 is 5.97 Å². The Labute approximate surface area is 189 Å². The van der Waals surface area contributed by atoms with Gasteiger partial charge in [-0.15, -0.1) is 11.3 Å². The van der Waals surface area contributed by atoms with E-state index in [0.717, 1.165) is 47.9 Å². The van der Waals surface area contributed by atoms with E-state index in [4.69, 9.17) is 21.7 Å². The van der Waals surface area contributed by atoms with Crippen molar-refractivity contribution in [2.45, 2.75) is 39.0 Å². The van der Waals surface area contributed by atoms with Crippen LogP contribution in [0.4, 0.5) is 5.69 Å². The van der Waals surface area contributed by atoms with Gasteiger partial charge in [0.2, 0.25) is 0 Å². The van der Waals surface area contributed by atoms with Crippen LogP contribution in [0.5, 0.6) is 0 Å². The zero-order valence-corrected chi connectivity index (χ0v) is 18.8. The molecule has 3 aromatic rings. The predicted octanol–water partition coefficient (Wildman–Crippen LogP) is 5.41. The van der Waals surface area contributed by atoms with Crippen LogP contribution < -0.4 is 5.32 Å². The van der Waals surface area contributed by atoms with E-state index >= 15 is 0 Å². The van der Waals surface area contributed by atoms with Gasteiger partial charge in [-0.2, -0.15) is 0 Å². The highest BCUT2D eigenvalue weighted by molar-refractivity contribution is 7.21. The van der Waals surface area contributed by atoms with Gasteiger partial charge >= 0.3 is 5.97 Å². The lowest BCUT2D eigenvalue weighted by Crippen LogP contribution is -2.14.